The lowest BCUT2D eigenvalue weighted by Gasteiger charge is -2.31. The molecule has 0 saturated heterocycles. The minimum absolute atomic E-state index is 0.0294. The summed E-state index contributed by atoms with van der Waals surface area (Å²) in [6.07, 6.45) is 2.02. The van der Waals surface area contributed by atoms with Crippen LogP contribution < -0.4 is 70.5 Å². The molecule has 12 rings (SSSR count). The summed E-state index contributed by atoms with van der Waals surface area (Å²) in [5, 5.41) is 65.4. The van der Waals surface area contributed by atoms with E-state index < -0.39 is 121 Å². The molecule has 0 saturated carbocycles. The largest absolute Gasteiger partial charge is 0.425 e. The molecule has 0 aromatic carbocycles. The number of carbonyl (C=O) groups is 8. The third-order valence-electron chi connectivity index (χ3n) is 16.3. The van der Waals surface area contributed by atoms with E-state index in [-0.39, 0.29) is 170 Å². The Labute approximate surface area is 586 Å². The van der Waals surface area contributed by atoms with Gasteiger partial charge in [0.15, 0.2) is 0 Å². The molecule has 8 bridgehead atoms. The molecule has 8 aliphatic heterocycles. The van der Waals surface area contributed by atoms with Crippen molar-refractivity contribution >= 4 is 47.3 Å². The third-order valence-corrected chi connectivity index (χ3v) is 16.3. The standard InChI is InChI=1S/C64H95N17O21/c1-3-34-99-39-40-100-35-32-75-25-16-66-53(82)45-7-11-49(78(94)61(45)90)57(86)70-20-23-74(24-21-71-58(87)50-12-8-46(62(91)79(50)95)54(83)67-17-26-75)30-31-77-29-22-72-59(88)51-13-9-47(63(92)80(51)96)55(84)68-18-27-76(33-36-101-41-42-102-38-37-98-2)28-19-69-56(85)48-10-14-52(81(97)64(48)93)60(89)73-44(43-77)6-4-5-15-65/h7-14,44,94-97H,3-6,15-43,65H2,1-2H3,(H,66,82)(H,67,83)(H,68,84)(H,69,85)(H,70,86)(H,71,87)(H,72,88)(H,73,89). The van der Waals surface area contributed by atoms with Gasteiger partial charge in [0, 0.05) is 144 Å². The number of methoxy groups -OCH3 is 1. The van der Waals surface area contributed by atoms with Crippen LogP contribution in [0.15, 0.2) is 67.7 Å². The van der Waals surface area contributed by atoms with Crippen LogP contribution >= 0.6 is 0 Å². The zero-order valence-corrected chi connectivity index (χ0v) is 57.4. The van der Waals surface area contributed by atoms with Crippen LogP contribution in [0.1, 0.15) is 116 Å². The van der Waals surface area contributed by atoms with Crippen LogP contribution in [0.2, 0.25) is 0 Å². The highest BCUT2D eigenvalue weighted by atomic mass is 16.5. The van der Waals surface area contributed by atoms with E-state index in [1.165, 1.54) is 0 Å². The van der Waals surface area contributed by atoms with Gasteiger partial charge in [0.25, 0.3) is 69.5 Å². The number of ether oxygens (including phenoxy) is 5. The first-order valence-corrected chi connectivity index (χ1v) is 33.7. The molecule has 0 radical (unpaired) electrons. The zero-order valence-electron chi connectivity index (χ0n) is 57.4. The molecule has 4 aromatic rings. The normalized spacial score (nSPS) is 17.3. The molecule has 1 unspecified atom stereocenters. The van der Waals surface area contributed by atoms with Gasteiger partial charge in [-0.05, 0) is 74.3 Å². The second kappa shape index (κ2) is 43.2. The van der Waals surface area contributed by atoms with Crippen LogP contribution in [-0.2, 0) is 23.7 Å². The number of rotatable bonds is 24. The van der Waals surface area contributed by atoms with Gasteiger partial charge in [-0.15, -0.1) is 18.9 Å². The third kappa shape index (κ3) is 25.2. The van der Waals surface area contributed by atoms with Gasteiger partial charge in [-0.3, -0.25) is 77.1 Å². The summed E-state index contributed by atoms with van der Waals surface area (Å²) >= 11 is 0. The number of hydrogen-bond donors (Lipinski definition) is 13. The highest BCUT2D eigenvalue weighted by Crippen LogP contribution is 2.10. The van der Waals surface area contributed by atoms with Gasteiger partial charge in [0.2, 0.25) is 0 Å². The number of hydrogen-bond acceptors (Lipinski definition) is 26. The van der Waals surface area contributed by atoms with Gasteiger partial charge in [0.1, 0.15) is 45.0 Å². The monoisotopic (exact) mass is 1440 g/mol. The quantitative estimate of drug-likeness (QED) is 0.0231. The number of nitrogens with two attached hydrogens (primary N) is 1. The van der Waals surface area contributed by atoms with Gasteiger partial charge < -0.3 is 92.8 Å². The second-order valence-corrected chi connectivity index (χ2v) is 23.5. The van der Waals surface area contributed by atoms with E-state index in [1.807, 2.05) is 11.8 Å². The Morgan fingerprint density at radius 1 is 0.373 bits per heavy atom. The zero-order chi connectivity index (χ0) is 73.9. The van der Waals surface area contributed by atoms with Gasteiger partial charge in [-0.2, -0.15) is 0 Å². The predicted molar refractivity (Wildman–Crippen MR) is 363 cm³/mol. The Hall–Kier alpha value is -9.64. The molecule has 0 fully saturated rings. The van der Waals surface area contributed by atoms with Crippen molar-refractivity contribution in [3.05, 3.63) is 135 Å². The summed E-state index contributed by atoms with van der Waals surface area (Å²) in [5.41, 5.74) is -3.09. The number of unbranched alkanes of at least 4 members (excludes halogenated alkanes) is 1. The lowest BCUT2D eigenvalue weighted by atomic mass is 10.1. The first-order chi connectivity index (χ1) is 49.2. The van der Waals surface area contributed by atoms with Crippen molar-refractivity contribution in [3.8, 4) is 0 Å². The summed E-state index contributed by atoms with van der Waals surface area (Å²) < 4.78 is 27.4. The van der Waals surface area contributed by atoms with Crippen LogP contribution in [0.4, 0.5) is 0 Å². The summed E-state index contributed by atoms with van der Waals surface area (Å²) in [6.45, 7) is 5.62. The molecule has 1 atom stereocenters. The number of amides is 8. The highest BCUT2D eigenvalue weighted by Gasteiger charge is 2.27. The van der Waals surface area contributed by atoms with Crippen molar-refractivity contribution in [1.29, 1.82) is 0 Å². The predicted octanol–water partition coefficient (Wildman–Crippen LogP) is -4.92. The summed E-state index contributed by atoms with van der Waals surface area (Å²) in [7, 11) is 1.55. The average Bonchev–Trinajstić information content (AvgIpc) is 0.834. The van der Waals surface area contributed by atoms with Gasteiger partial charge in [-0.25, -0.2) is 0 Å². The molecule has 562 valence electrons. The molecule has 8 amide bonds. The summed E-state index contributed by atoms with van der Waals surface area (Å²) in [4.78, 5) is 170. The SMILES string of the molecule is CCCOCCOCCN1CCNC(=O)c2ccc(n(O)c2=O)C(=O)NCCN(CCN2CCNC(=O)c3ccc(c(=O)n3O)C(=O)NCCN(CCOCCOCCOC)CCNC(=O)c3ccc(n(O)c3=O)C(=O)NC(CCCCN)C2)CCNC(=O)c2ccc(c(=O)n2O)C(=O)NCC1. The van der Waals surface area contributed by atoms with Crippen molar-refractivity contribution in [1.82, 2.24) is 81.1 Å². The molecule has 12 heterocycles. The average molecular weight is 1440 g/mol. The van der Waals surface area contributed by atoms with Crippen molar-refractivity contribution in [2.45, 2.75) is 38.6 Å². The lowest BCUT2D eigenvalue weighted by molar-refractivity contribution is 0.0196. The van der Waals surface area contributed by atoms with Crippen molar-refractivity contribution in [3.63, 3.8) is 0 Å². The fourth-order valence-electron chi connectivity index (χ4n) is 10.7. The summed E-state index contributed by atoms with van der Waals surface area (Å²) in [5.74, 6) is -7.24. The van der Waals surface area contributed by atoms with Gasteiger partial charge in [-0.1, -0.05) is 13.3 Å². The van der Waals surface area contributed by atoms with E-state index >= 15 is 0 Å². The molecule has 102 heavy (non-hydrogen) atoms. The maximum Gasteiger partial charge on any atom is 0.296 e. The van der Waals surface area contributed by atoms with E-state index in [4.69, 9.17) is 29.4 Å². The van der Waals surface area contributed by atoms with Crippen LogP contribution in [-0.4, -0.2) is 310 Å². The van der Waals surface area contributed by atoms with Crippen molar-refractivity contribution in [2.75, 3.05) is 197 Å². The molecule has 14 N–H and O–H groups in total. The van der Waals surface area contributed by atoms with Crippen molar-refractivity contribution in [2.24, 2.45) is 5.73 Å². The van der Waals surface area contributed by atoms with Crippen LogP contribution in [0.3, 0.4) is 0 Å². The second-order valence-electron chi connectivity index (χ2n) is 23.5. The molecule has 4 aromatic heterocycles. The molecular weight excluding hydrogens is 1340 g/mol. The molecule has 8 aliphatic rings. The highest BCUT2D eigenvalue weighted by molar-refractivity contribution is 5.99. The van der Waals surface area contributed by atoms with Crippen LogP contribution in [0.5, 0.6) is 0 Å². The lowest BCUT2D eigenvalue weighted by Crippen LogP contribution is -2.49. The van der Waals surface area contributed by atoms with E-state index in [2.05, 4.69) is 42.5 Å². The Kier molecular flexibility index (Phi) is 34.5. The first-order valence-electron chi connectivity index (χ1n) is 33.7. The van der Waals surface area contributed by atoms with Crippen LogP contribution in [0.25, 0.3) is 0 Å². The number of pyridine rings is 4. The Morgan fingerprint density at radius 3 is 1.01 bits per heavy atom. The Bertz CT molecular complexity index is 3610. The van der Waals surface area contributed by atoms with Crippen molar-refractivity contribution < 1.29 is 82.9 Å². The topological polar surface area (TPSA) is 487 Å². The fourth-order valence-corrected chi connectivity index (χ4v) is 10.7. The maximum atomic E-state index is 14.2. The minimum atomic E-state index is -1.21. The van der Waals surface area contributed by atoms with Gasteiger partial charge >= 0.3 is 0 Å². The van der Waals surface area contributed by atoms with Gasteiger partial charge in [0.05, 0.1) is 52.9 Å². The minimum Gasteiger partial charge on any atom is -0.425 e. The van der Waals surface area contributed by atoms with E-state index in [0.29, 0.717) is 59.0 Å². The Morgan fingerprint density at radius 2 is 0.667 bits per heavy atom. The molecule has 38 nitrogen and oxygen atoms in total. The van der Waals surface area contributed by atoms with Crippen LogP contribution in [0, 0.1) is 0 Å². The van der Waals surface area contributed by atoms with E-state index in [9.17, 15) is 78.4 Å². The molecule has 38 heteroatoms. The number of aromatic nitrogens is 4. The fraction of sp³-hybridized carbons (Fsp3) is 0.562. The molecule has 0 spiro atoms. The Balaban J connectivity index is 1.26. The molecular formula is C64H95N17O21. The number of nitrogens with one attached hydrogen (secondary N) is 8. The number of nitrogens with zero attached hydrogens (tertiary/aromatic N) is 8. The van der Waals surface area contributed by atoms with E-state index in [0.717, 1.165) is 55.0 Å². The smallest absolute Gasteiger partial charge is 0.296 e. The van der Waals surface area contributed by atoms with E-state index in [1.54, 1.807) is 21.8 Å². The first kappa shape index (κ1) is 81.3. The summed E-state index contributed by atoms with van der Waals surface area (Å²) in [6, 6.07) is 7.84. The number of carbonyl (C=O) groups excluding carboxylic acids is 8. The molecule has 0 aliphatic carbocycles. The maximum absolute atomic E-state index is 14.2.